The molecule has 0 spiro atoms. The smallest absolute Gasteiger partial charge is 0.295 e. The number of aliphatic hydroxyl groups is 1. The van der Waals surface area contributed by atoms with Crippen LogP contribution in [0.5, 0.6) is 0 Å². The summed E-state index contributed by atoms with van der Waals surface area (Å²) in [4.78, 5) is 27.6. The predicted molar refractivity (Wildman–Crippen MR) is 122 cm³/mol. The van der Waals surface area contributed by atoms with E-state index < -0.39 is 17.7 Å². The van der Waals surface area contributed by atoms with Gasteiger partial charge in [0, 0.05) is 17.1 Å². The van der Waals surface area contributed by atoms with Gasteiger partial charge in [-0.05, 0) is 30.5 Å². The van der Waals surface area contributed by atoms with Crippen LogP contribution in [0.15, 0.2) is 84.4 Å². The van der Waals surface area contributed by atoms with Crippen LogP contribution in [0.4, 0.5) is 0 Å². The van der Waals surface area contributed by atoms with E-state index in [0.717, 1.165) is 11.1 Å². The summed E-state index contributed by atoms with van der Waals surface area (Å²) in [5.74, 6) is -1.52. The lowest BCUT2D eigenvalue weighted by Crippen LogP contribution is -2.31. The zero-order valence-corrected chi connectivity index (χ0v) is 17.8. The number of hydrogen-bond donors (Lipinski definition) is 1. The summed E-state index contributed by atoms with van der Waals surface area (Å²) in [6, 6.07) is 23.3. The van der Waals surface area contributed by atoms with E-state index in [1.54, 1.807) is 30.3 Å². The van der Waals surface area contributed by atoms with E-state index in [-0.39, 0.29) is 11.3 Å². The van der Waals surface area contributed by atoms with Crippen molar-refractivity contribution >= 4 is 29.1 Å². The Morgan fingerprint density at radius 3 is 2.26 bits per heavy atom. The maximum absolute atomic E-state index is 13.1. The maximum atomic E-state index is 13.1. The number of carbonyl (C=O) groups is 2. The van der Waals surface area contributed by atoms with Crippen LogP contribution >= 0.6 is 11.6 Å². The molecule has 0 radical (unpaired) electrons. The molecule has 1 aliphatic rings. The molecule has 1 atom stereocenters. The molecule has 31 heavy (non-hydrogen) atoms. The number of aryl methyl sites for hydroxylation is 1. The molecule has 156 valence electrons. The minimum atomic E-state index is -0.751. The van der Waals surface area contributed by atoms with E-state index in [4.69, 9.17) is 11.6 Å². The fraction of sp³-hybridized carbons (Fsp3) is 0.154. The highest BCUT2D eigenvalue weighted by Crippen LogP contribution is 2.41. The van der Waals surface area contributed by atoms with Crippen LogP contribution in [0.1, 0.15) is 28.3 Å². The second-order valence-corrected chi connectivity index (χ2v) is 8.02. The average Bonchev–Trinajstić information content (AvgIpc) is 3.03. The van der Waals surface area contributed by atoms with Gasteiger partial charge in [-0.15, -0.1) is 0 Å². The SMILES string of the molecule is Cc1ccc(/C(O)=C2\C(=O)C(=O)N(CCc3ccccc3)[C@H]2c2ccccc2Cl)cc1. The van der Waals surface area contributed by atoms with Crippen molar-refractivity contribution < 1.29 is 14.7 Å². The monoisotopic (exact) mass is 431 g/mol. The molecule has 5 heteroatoms. The Bertz CT molecular complexity index is 1150. The minimum absolute atomic E-state index is 0.0648. The number of ketones is 1. The third-order valence-corrected chi connectivity index (χ3v) is 5.89. The van der Waals surface area contributed by atoms with Gasteiger partial charge >= 0.3 is 0 Å². The number of Topliss-reactive ketones (excluding diaryl/α,β-unsaturated/α-hetero) is 1. The summed E-state index contributed by atoms with van der Waals surface area (Å²) in [5.41, 5.74) is 3.26. The number of carbonyl (C=O) groups excluding carboxylic acids is 2. The molecule has 0 unspecified atom stereocenters. The van der Waals surface area contributed by atoms with Crippen LogP contribution < -0.4 is 0 Å². The predicted octanol–water partition coefficient (Wildman–Crippen LogP) is 5.31. The molecule has 4 rings (SSSR count). The molecule has 1 aliphatic heterocycles. The molecule has 1 amide bonds. The first-order valence-corrected chi connectivity index (χ1v) is 10.5. The quantitative estimate of drug-likeness (QED) is 0.338. The van der Waals surface area contributed by atoms with E-state index in [0.29, 0.717) is 29.1 Å². The zero-order chi connectivity index (χ0) is 22.0. The molecule has 0 aliphatic carbocycles. The van der Waals surface area contributed by atoms with E-state index in [1.807, 2.05) is 55.5 Å². The second-order valence-electron chi connectivity index (χ2n) is 7.62. The summed E-state index contributed by atoms with van der Waals surface area (Å²) in [6.45, 7) is 2.27. The van der Waals surface area contributed by atoms with Gasteiger partial charge in [-0.3, -0.25) is 9.59 Å². The summed E-state index contributed by atoms with van der Waals surface area (Å²) < 4.78 is 0. The Balaban J connectivity index is 1.80. The maximum Gasteiger partial charge on any atom is 0.295 e. The number of nitrogens with zero attached hydrogens (tertiary/aromatic N) is 1. The van der Waals surface area contributed by atoms with Crippen LogP contribution in [-0.4, -0.2) is 28.2 Å². The van der Waals surface area contributed by atoms with Crippen molar-refractivity contribution in [3.8, 4) is 0 Å². The number of benzene rings is 3. The van der Waals surface area contributed by atoms with E-state index >= 15 is 0 Å². The van der Waals surface area contributed by atoms with Crippen LogP contribution in [0.2, 0.25) is 5.02 Å². The van der Waals surface area contributed by atoms with Crippen molar-refractivity contribution in [3.63, 3.8) is 0 Å². The topological polar surface area (TPSA) is 57.6 Å². The van der Waals surface area contributed by atoms with Gasteiger partial charge in [-0.1, -0.05) is 90.0 Å². The largest absolute Gasteiger partial charge is 0.507 e. The Hall–Kier alpha value is -3.37. The number of aliphatic hydroxyl groups excluding tert-OH is 1. The number of hydrogen-bond acceptors (Lipinski definition) is 3. The molecule has 1 saturated heterocycles. The van der Waals surface area contributed by atoms with Crippen LogP contribution in [0.25, 0.3) is 5.76 Å². The van der Waals surface area contributed by atoms with Gasteiger partial charge in [0.05, 0.1) is 11.6 Å². The summed E-state index contributed by atoms with van der Waals surface area (Å²) in [7, 11) is 0. The molecule has 3 aromatic carbocycles. The van der Waals surface area contributed by atoms with Crippen LogP contribution in [0.3, 0.4) is 0 Å². The first kappa shape index (κ1) is 20.9. The molecular formula is C26H22ClNO3. The zero-order valence-electron chi connectivity index (χ0n) is 17.1. The molecule has 4 nitrogen and oxygen atoms in total. The van der Waals surface area contributed by atoms with Crippen molar-refractivity contribution in [1.82, 2.24) is 4.90 Å². The summed E-state index contributed by atoms with van der Waals surface area (Å²) >= 11 is 6.47. The van der Waals surface area contributed by atoms with Gasteiger partial charge in [0.15, 0.2) is 0 Å². The lowest BCUT2D eigenvalue weighted by Gasteiger charge is -2.26. The Morgan fingerprint density at radius 2 is 1.58 bits per heavy atom. The number of amides is 1. The molecule has 3 aromatic rings. The third-order valence-electron chi connectivity index (χ3n) is 5.55. The highest BCUT2D eigenvalue weighted by molar-refractivity contribution is 6.47. The van der Waals surface area contributed by atoms with Crippen molar-refractivity contribution in [1.29, 1.82) is 0 Å². The standard InChI is InChI=1S/C26H22ClNO3/c1-17-11-13-19(14-12-17)24(29)22-23(20-9-5-6-10-21(20)27)28(26(31)25(22)30)16-15-18-7-3-2-4-8-18/h2-14,23,29H,15-16H2,1H3/b24-22+/t23-/m0/s1. The van der Waals surface area contributed by atoms with Crippen molar-refractivity contribution in [2.24, 2.45) is 0 Å². The van der Waals surface area contributed by atoms with Gasteiger partial charge in [0.2, 0.25) is 0 Å². The molecule has 1 N–H and O–H groups in total. The Labute approximate surface area is 186 Å². The van der Waals surface area contributed by atoms with Crippen molar-refractivity contribution in [2.45, 2.75) is 19.4 Å². The summed E-state index contributed by atoms with van der Waals surface area (Å²) in [5, 5.41) is 11.5. The Kier molecular flexibility index (Phi) is 5.92. The van der Waals surface area contributed by atoms with Gasteiger partial charge in [-0.25, -0.2) is 0 Å². The van der Waals surface area contributed by atoms with Gasteiger partial charge in [-0.2, -0.15) is 0 Å². The average molecular weight is 432 g/mol. The minimum Gasteiger partial charge on any atom is -0.507 e. The Morgan fingerprint density at radius 1 is 0.935 bits per heavy atom. The van der Waals surface area contributed by atoms with Crippen LogP contribution in [-0.2, 0) is 16.0 Å². The van der Waals surface area contributed by atoms with Gasteiger partial charge < -0.3 is 10.0 Å². The molecule has 0 aromatic heterocycles. The fourth-order valence-electron chi connectivity index (χ4n) is 3.89. The molecule has 1 heterocycles. The fourth-order valence-corrected chi connectivity index (χ4v) is 4.13. The second kappa shape index (κ2) is 8.78. The number of rotatable bonds is 5. The first-order chi connectivity index (χ1) is 15.0. The summed E-state index contributed by atoms with van der Waals surface area (Å²) in [6.07, 6.45) is 0.583. The molecule has 0 bridgehead atoms. The van der Waals surface area contributed by atoms with E-state index in [2.05, 4.69) is 0 Å². The normalized spacial score (nSPS) is 17.9. The highest BCUT2D eigenvalue weighted by Gasteiger charge is 2.46. The van der Waals surface area contributed by atoms with Gasteiger partial charge in [0.25, 0.3) is 11.7 Å². The van der Waals surface area contributed by atoms with Crippen molar-refractivity contribution in [3.05, 3.63) is 112 Å². The third kappa shape index (κ3) is 4.12. The van der Waals surface area contributed by atoms with E-state index in [1.165, 1.54) is 4.90 Å². The first-order valence-electron chi connectivity index (χ1n) is 10.1. The van der Waals surface area contributed by atoms with E-state index in [9.17, 15) is 14.7 Å². The molecule has 0 saturated carbocycles. The van der Waals surface area contributed by atoms with Gasteiger partial charge in [0.1, 0.15) is 5.76 Å². The molecule has 1 fully saturated rings. The number of halogens is 1. The lowest BCUT2D eigenvalue weighted by molar-refractivity contribution is -0.139. The number of likely N-dealkylation sites (tertiary alicyclic amines) is 1. The highest BCUT2D eigenvalue weighted by atomic mass is 35.5. The van der Waals surface area contributed by atoms with Crippen LogP contribution in [0, 0.1) is 6.92 Å². The molecular weight excluding hydrogens is 410 g/mol. The lowest BCUT2D eigenvalue weighted by atomic mass is 9.95. The van der Waals surface area contributed by atoms with Crippen molar-refractivity contribution in [2.75, 3.05) is 6.54 Å².